The fraction of sp³-hybridized carbons (Fsp3) is 0.444. The monoisotopic (exact) mass is 151 g/mol. The van der Waals surface area contributed by atoms with Gasteiger partial charge in [-0.1, -0.05) is 13.8 Å². The van der Waals surface area contributed by atoms with Crippen molar-refractivity contribution in [3.63, 3.8) is 0 Å². The highest BCUT2D eigenvalue weighted by atomic mass is 16.1. The first kappa shape index (κ1) is 8.05. The molecular weight excluding hydrogens is 138 g/mol. The molecule has 0 bridgehead atoms. The molecule has 0 aliphatic carbocycles. The minimum atomic E-state index is -0.0113. The summed E-state index contributed by atoms with van der Waals surface area (Å²) in [6.07, 6.45) is 2.77. The van der Waals surface area contributed by atoms with Crippen molar-refractivity contribution in [2.75, 3.05) is 0 Å². The van der Waals surface area contributed by atoms with Crippen molar-refractivity contribution in [3.05, 3.63) is 34.2 Å². The van der Waals surface area contributed by atoms with E-state index in [2.05, 4.69) is 18.8 Å². The van der Waals surface area contributed by atoms with Crippen LogP contribution in [0.3, 0.4) is 0 Å². The third-order valence-electron chi connectivity index (χ3n) is 1.98. The smallest absolute Gasteiger partial charge is 0.248 e. The van der Waals surface area contributed by atoms with Crippen LogP contribution >= 0.6 is 0 Å². The maximum absolute atomic E-state index is 10.9. The van der Waals surface area contributed by atoms with Gasteiger partial charge in [0.1, 0.15) is 0 Å². The second-order valence-corrected chi connectivity index (χ2v) is 2.80. The molecule has 2 heteroatoms. The Hall–Kier alpha value is -1.05. The molecule has 0 saturated carbocycles. The number of H-pyrrole nitrogens is 1. The summed E-state index contributed by atoms with van der Waals surface area (Å²) < 4.78 is 0. The summed E-state index contributed by atoms with van der Waals surface area (Å²) in [7, 11) is 0. The summed E-state index contributed by atoms with van der Waals surface area (Å²) in [4.78, 5) is 13.5. The standard InChI is InChI=1S/C9H13NO/c1-3-7(2)8-4-5-10-9(11)6-8/h4-7H,3H2,1-2H3,(H,10,11). The topological polar surface area (TPSA) is 32.9 Å². The van der Waals surface area contributed by atoms with Crippen LogP contribution in [0.25, 0.3) is 0 Å². The fourth-order valence-corrected chi connectivity index (χ4v) is 1.00. The third kappa shape index (κ3) is 1.93. The first-order valence-corrected chi connectivity index (χ1v) is 3.92. The summed E-state index contributed by atoms with van der Waals surface area (Å²) in [5, 5.41) is 0. The quantitative estimate of drug-likeness (QED) is 0.687. The van der Waals surface area contributed by atoms with Gasteiger partial charge in [0, 0.05) is 12.3 Å². The molecule has 1 aromatic rings. The fourth-order valence-electron chi connectivity index (χ4n) is 1.00. The Labute approximate surface area is 66.3 Å². The van der Waals surface area contributed by atoms with Gasteiger partial charge in [0.2, 0.25) is 5.56 Å². The molecule has 0 aliphatic heterocycles. The minimum Gasteiger partial charge on any atom is -0.329 e. The van der Waals surface area contributed by atoms with Crippen molar-refractivity contribution >= 4 is 0 Å². The van der Waals surface area contributed by atoms with E-state index < -0.39 is 0 Å². The lowest BCUT2D eigenvalue weighted by Crippen LogP contribution is -2.05. The van der Waals surface area contributed by atoms with E-state index in [0.717, 1.165) is 12.0 Å². The highest BCUT2D eigenvalue weighted by molar-refractivity contribution is 5.14. The molecule has 1 rings (SSSR count). The molecule has 0 saturated heterocycles. The number of pyridine rings is 1. The number of nitrogens with one attached hydrogen (secondary N) is 1. The molecule has 0 aromatic carbocycles. The second kappa shape index (κ2) is 3.37. The molecule has 0 aliphatic rings. The molecule has 1 atom stereocenters. The largest absolute Gasteiger partial charge is 0.329 e. The zero-order chi connectivity index (χ0) is 8.27. The Morgan fingerprint density at radius 3 is 2.91 bits per heavy atom. The van der Waals surface area contributed by atoms with E-state index in [1.165, 1.54) is 0 Å². The SMILES string of the molecule is CCC(C)c1cc[nH]c(=O)c1. The molecule has 1 heterocycles. The van der Waals surface area contributed by atoms with Gasteiger partial charge in [-0.15, -0.1) is 0 Å². The summed E-state index contributed by atoms with van der Waals surface area (Å²) in [5.41, 5.74) is 1.11. The first-order valence-electron chi connectivity index (χ1n) is 3.92. The highest BCUT2D eigenvalue weighted by Gasteiger charge is 2.01. The Bertz CT molecular complexity index is 277. The second-order valence-electron chi connectivity index (χ2n) is 2.80. The molecule has 0 radical (unpaired) electrons. The Morgan fingerprint density at radius 2 is 2.36 bits per heavy atom. The molecule has 0 amide bonds. The molecular formula is C9H13NO. The van der Waals surface area contributed by atoms with E-state index in [9.17, 15) is 4.79 Å². The molecule has 0 spiro atoms. The van der Waals surface area contributed by atoms with E-state index in [4.69, 9.17) is 0 Å². The lowest BCUT2D eigenvalue weighted by Gasteiger charge is -2.06. The molecule has 1 unspecified atom stereocenters. The third-order valence-corrected chi connectivity index (χ3v) is 1.98. The molecule has 2 nitrogen and oxygen atoms in total. The highest BCUT2D eigenvalue weighted by Crippen LogP contribution is 2.15. The lowest BCUT2D eigenvalue weighted by atomic mass is 10.0. The van der Waals surface area contributed by atoms with Crippen LogP contribution in [0.4, 0.5) is 0 Å². The van der Waals surface area contributed by atoms with Crippen LogP contribution in [-0.2, 0) is 0 Å². The van der Waals surface area contributed by atoms with E-state index in [0.29, 0.717) is 5.92 Å². The molecule has 11 heavy (non-hydrogen) atoms. The number of aromatic amines is 1. The predicted octanol–water partition coefficient (Wildman–Crippen LogP) is 1.89. The lowest BCUT2D eigenvalue weighted by molar-refractivity contribution is 0.730. The zero-order valence-electron chi connectivity index (χ0n) is 6.92. The Balaban J connectivity index is 2.96. The van der Waals surface area contributed by atoms with Crippen molar-refractivity contribution in [2.45, 2.75) is 26.2 Å². The van der Waals surface area contributed by atoms with Gasteiger partial charge in [-0.3, -0.25) is 4.79 Å². The zero-order valence-corrected chi connectivity index (χ0v) is 6.92. The van der Waals surface area contributed by atoms with Gasteiger partial charge >= 0.3 is 0 Å². The van der Waals surface area contributed by atoms with Gasteiger partial charge < -0.3 is 4.98 Å². The van der Waals surface area contributed by atoms with Crippen LogP contribution in [-0.4, -0.2) is 4.98 Å². The van der Waals surface area contributed by atoms with Gasteiger partial charge in [0.15, 0.2) is 0 Å². The number of hydrogen-bond donors (Lipinski definition) is 1. The maximum Gasteiger partial charge on any atom is 0.248 e. The normalized spacial score (nSPS) is 12.9. The number of rotatable bonds is 2. The average molecular weight is 151 g/mol. The van der Waals surface area contributed by atoms with Gasteiger partial charge in [-0.05, 0) is 24.0 Å². The Kier molecular flexibility index (Phi) is 2.47. The van der Waals surface area contributed by atoms with Gasteiger partial charge in [0.25, 0.3) is 0 Å². The van der Waals surface area contributed by atoms with E-state index in [1.807, 2.05) is 6.07 Å². The van der Waals surface area contributed by atoms with Crippen LogP contribution in [0.2, 0.25) is 0 Å². The molecule has 1 N–H and O–H groups in total. The average Bonchev–Trinajstić information content (AvgIpc) is 2.03. The van der Waals surface area contributed by atoms with Gasteiger partial charge in [-0.25, -0.2) is 0 Å². The number of hydrogen-bond acceptors (Lipinski definition) is 1. The summed E-state index contributed by atoms with van der Waals surface area (Å²) in [5.74, 6) is 0.484. The van der Waals surface area contributed by atoms with Crippen molar-refractivity contribution in [2.24, 2.45) is 0 Å². The van der Waals surface area contributed by atoms with Gasteiger partial charge in [0.05, 0.1) is 0 Å². The molecule has 0 fully saturated rings. The Morgan fingerprint density at radius 1 is 1.64 bits per heavy atom. The van der Waals surface area contributed by atoms with Gasteiger partial charge in [-0.2, -0.15) is 0 Å². The van der Waals surface area contributed by atoms with Crippen molar-refractivity contribution < 1.29 is 0 Å². The summed E-state index contributed by atoms with van der Waals surface area (Å²) in [6.45, 7) is 4.24. The molecule has 60 valence electrons. The summed E-state index contributed by atoms with van der Waals surface area (Å²) >= 11 is 0. The van der Waals surface area contributed by atoms with Crippen molar-refractivity contribution in [1.82, 2.24) is 4.98 Å². The molecule has 1 aromatic heterocycles. The first-order chi connectivity index (χ1) is 5.24. The van der Waals surface area contributed by atoms with Crippen LogP contribution in [0.5, 0.6) is 0 Å². The van der Waals surface area contributed by atoms with Crippen molar-refractivity contribution in [1.29, 1.82) is 0 Å². The van der Waals surface area contributed by atoms with Crippen LogP contribution in [0.1, 0.15) is 31.7 Å². The van der Waals surface area contributed by atoms with Crippen LogP contribution in [0, 0.1) is 0 Å². The van der Waals surface area contributed by atoms with E-state index in [1.54, 1.807) is 12.3 Å². The van der Waals surface area contributed by atoms with Crippen LogP contribution in [0.15, 0.2) is 23.1 Å². The van der Waals surface area contributed by atoms with Crippen LogP contribution < -0.4 is 5.56 Å². The summed E-state index contributed by atoms with van der Waals surface area (Å²) in [6, 6.07) is 3.61. The van der Waals surface area contributed by atoms with E-state index in [-0.39, 0.29) is 5.56 Å². The van der Waals surface area contributed by atoms with E-state index >= 15 is 0 Å². The maximum atomic E-state index is 10.9. The number of aromatic nitrogens is 1. The van der Waals surface area contributed by atoms with Crippen molar-refractivity contribution in [3.8, 4) is 0 Å². The minimum absolute atomic E-state index is 0.0113. The predicted molar refractivity (Wildman–Crippen MR) is 45.8 cm³/mol.